The first-order valence-corrected chi connectivity index (χ1v) is 3.76. The van der Waals surface area contributed by atoms with Gasteiger partial charge in [0.15, 0.2) is 0 Å². The van der Waals surface area contributed by atoms with E-state index in [9.17, 15) is 0 Å². The lowest BCUT2D eigenvalue weighted by atomic mass is 10.3. The van der Waals surface area contributed by atoms with Gasteiger partial charge in [-0.25, -0.2) is 0 Å². The minimum Gasteiger partial charge on any atom is -0.376 e. The van der Waals surface area contributed by atoms with Crippen molar-refractivity contribution in [3.63, 3.8) is 0 Å². The minimum absolute atomic E-state index is 0.0775. The zero-order chi connectivity index (χ0) is 9.68. The molecule has 0 unspecified atom stereocenters. The van der Waals surface area contributed by atoms with Gasteiger partial charge >= 0.3 is 0 Å². The zero-order valence-electron chi connectivity index (χ0n) is 7.09. The molecule has 0 aliphatic carbocycles. The summed E-state index contributed by atoms with van der Waals surface area (Å²) in [6.45, 7) is -0.253. The summed E-state index contributed by atoms with van der Waals surface area (Å²) in [7, 11) is 0. The molecule has 0 aliphatic rings. The summed E-state index contributed by atoms with van der Waals surface area (Å²) < 4.78 is 0. The maximum atomic E-state index is 8.99. The molecule has 1 aromatic carbocycles. The molecule has 13 heavy (non-hydrogen) atoms. The van der Waals surface area contributed by atoms with E-state index in [0.29, 0.717) is 0 Å². The molecule has 0 heterocycles. The fraction of sp³-hybridized carbons (Fsp3) is 0.125. The molecule has 0 aromatic heterocycles. The van der Waals surface area contributed by atoms with Crippen molar-refractivity contribution in [2.24, 2.45) is 16.7 Å². The van der Waals surface area contributed by atoms with Crippen LogP contribution in [0.5, 0.6) is 0 Å². The lowest BCUT2D eigenvalue weighted by molar-refractivity contribution is 0.307. The SMILES string of the molecule is N/N=C(\N)N(CO)c1ccccc1. The van der Waals surface area contributed by atoms with Crippen LogP contribution in [0.3, 0.4) is 0 Å². The van der Waals surface area contributed by atoms with E-state index in [1.54, 1.807) is 12.1 Å². The highest BCUT2D eigenvalue weighted by atomic mass is 16.3. The predicted molar refractivity (Wildman–Crippen MR) is 51.8 cm³/mol. The Morgan fingerprint density at radius 2 is 2.00 bits per heavy atom. The summed E-state index contributed by atoms with van der Waals surface area (Å²) >= 11 is 0. The third-order valence-electron chi connectivity index (χ3n) is 1.62. The Morgan fingerprint density at radius 1 is 1.38 bits per heavy atom. The molecule has 0 spiro atoms. The summed E-state index contributed by atoms with van der Waals surface area (Å²) in [6, 6.07) is 9.14. The van der Waals surface area contributed by atoms with Crippen LogP contribution in [0.2, 0.25) is 0 Å². The number of aliphatic hydroxyl groups is 1. The summed E-state index contributed by atoms with van der Waals surface area (Å²) in [5, 5.41) is 12.3. The molecule has 0 fully saturated rings. The third-order valence-corrected chi connectivity index (χ3v) is 1.62. The van der Waals surface area contributed by atoms with E-state index in [4.69, 9.17) is 16.7 Å². The number of guanidine groups is 1. The summed E-state index contributed by atoms with van der Waals surface area (Å²) in [6.07, 6.45) is 0. The quantitative estimate of drug-likeness (QED) is 0.190. The van der Waals surface area contributed by atoms with Crippen LogP contribution >= 0.6 is 0 Å². The maximum Gasteiger partial charge on any atom is 0.219 e. The molecule has 1 aromatic rings. The number of nitrogens with two attached hydrogens (primary N) is 2. The molecule has 0 amide bonds. The van der Waals surface area contributed by atoms with Gasteiger partial charge in [0, 0.05) is 5.69 Å². The van der Waals surface area contributed by atoms with Gasteiger partial charge in [-0.1, -0.05) is 18.2 Å². The van der Waals surface area contributed by atoms with Gasteiger partial charge in [0.1, 0.15) is 6.73 Å². The van der Waals surface area contributed by atoms with Crippen molar-refractivity contribution < 1.29 is 5.11 Å². The summed E-state index contributed by atoms with van der Waals surface area (Å²) in [5.41, 5.74) is 6.20. The van der Waals surface area contributed by atoms with Gasteiger partial charge in [-0.05, 0) is 12.1 Å². The van der Waals surface area contributed by atoms with Crippen LogP contribution in [0.15, 0.2) is 35.4 Å². The van der Waals surface area contributed by atoms with E-state index in [1.807, 2.05) is 18.2 Å². The molecular weight excluding hydrogens is 168 g/mol. The fourth-order valence-electron chi connectivity index (χ4n) is 0.964. The monoisotopic (exact) mass is 180 g/mol. The highest BCUT2D eigenvalue weighted by Crippen LogP contribution is 2.11. The van der Waals surface area contributed by atoms with Crippen molar-refractivity contribution >= 4 is 11.6 Å². The van der Waals surface area contributed by atoms with Crippen molar-refractivity contribution in [2.45, 2.75) is 0 Å². The lowest BCUT2D eigenvalue weighted by Gasteiger charge is -2.19. The van der Waals surface area contributed by atoms with Crippen LogP contribution < -0.4 is 16.5 Å². The highest BCUT2D eigenvalue weighted by molar-refractivity contribution is 5.94. The normalized spacial score (nSPS) is 11.3. The number of hydrogen-bond acceptors (Lipinski definition) is 3. The summed E-state index contributed by atoms with van der Waals surface area (Å²) in [5.74, 6) is 5.07. The van der Waals surface area contributed by atoms with Crippen LogP contribution in [0.4, 0.5) is 5.69 Å². The van der Waals surface area contributed by atoms with Crippen molar-refractivity contribution in [1.82, 2.24) is 0 Å². The Bertz CT molecular complexity index is 285. The fourth-order valence-corrected chi connectivity index (χ4v) is 0.964. The second kappa shape index (κ2) is 4.32. The Balaban J connectivity index is 2.91. The Hall–Kier alpha value is -1.75. The number of rotatable bonds is 2. The Kier molecular flexibility index (Phi) is 3.10. The predicted octanol–water partition coefficient (Wildman–Crippen LogP) is -0.369. The van der Waals surface area contributed by atoms with E-state index in [-0.39, 0.29) is 12.7 Å². The van der Waals surface area contributed by atoms with Gasteiger partial charge in [0.25, 0.3) is 0 Å². The van der Waals surface area contributed by atoms with Crippen molar-refractivity contribution in [3.05, 3.63) is 30.3 Å². The second-order valence-corrected chi connectivity index (χ2v) is 2.39. The third kappa shape index (κ3) is 2.09. The molecule has 0 atom stereocenters. The van der Waals surface area contributed by atoms with Crippen LogP contribution in [0.25, 0.3) is 0 Å². The lowest BCUT2D eigenvalue weighted by Crippen LogP contribution is -2.38. The number of nitrogens with zero attached hydrogens (tertiary/aromatic N) is 2. The number of hydrazone groups is 1. The van der Waals surface area contributed by atoms with Crippen molar-refractivity contribution in [3.8, 4) is 0 Å². The molecule has 0 bridgehead atoms. The average Bonchev–Trinajstić information content (AvgIpc) is 2.20. The molecule has 0 saturated carbocycles. The standard InChI is InChI=1S/C8H12N4O/c9-8(11-10)12(6-13)7-4-2-1-3-5-7/h1-5,13H,6,10H2,(H2,9,11). The van der Waals surface area contributed by atoms with E-state index in [0.717, 1.165) is 5.69 Å². The highest BCUT2D eigenvalue weighted by Gasteiger charge is 2.07. The molecule has 0 aliphatic heterocycles. The first kappa shape index (κ1) is 9.34. The molecule has 70 valence electrons. The van der Waals surface area contributed by atoms with Gasteiger partial charge in [-0.2, -0.15) is 0 Å². The van der Waals surface area contributed by atoms with Crippen LogP contribution in [0, 0.1) is 0 Å². The van der Waals surface area contributed by atoms with Gasteiger partial charge < -0.3 is 16.7 Å². The van der Waals surface area contributed by atoms with Crippen molar-refractivity contribution in [2.75, 3.05) is 11.6 Å². The Labute approximate surface area is 76.3 Å². The molecule has 5 nitrogen and oxygen atoms in total. The van der Waals surface area contributed by atoms with Gasteiger partial charge in [0.05, 0.1) is 0 Å². The number of aliphatic hydroxyl groups excluding tert-OH is 1. The smallest absolute Gasteiger partial charge is 0.219 e. The summed E-state index contributed by atoms with van der Waals surface area (Å²) in [4.78, 5) is 1.39. The number of benzene rings is 1. The number of anilines is 1. The van der Waals surface area contributed by atoms with E-state index < -0.39 is 0 Å². The topological polar surface area (TPSA) is 87.9 Å². The second-order valence-electron chi connectivity index (χ2n) is 2.39. The largest absolute Gasteiger partial charge is 0.376 e. The molecule has 0 saturated heterocycles. The first-order chi connectivity index (χ1) is 6.29. The molecule has 5 N–H and O–H groups in total. The van der Waals surface area contributed by atoms with E-state index in [1.165, 1.54) is 4.90 Å². The molecular formula is C8H12N4O. The van der Waals surface area contributed by atoms with Gasteiger partial charge in [-0.15, -0.1) is 5.10 Å². The van der Waals surface area contributed by atoms with Crippen LogP contribution in [-0.4, -0.2) is 17.8 Å². The number of hydrogen-bond donors (Lipinski definition) is 3. The van der Waals surface area contributed by atoms with Crippen molar-refractivity contribution in [1.29, 1.82) is 0 Å². The molecule has 5 heteroatoms. The Morgan fingerprint density at radius 3 is 2.46 bits per heavy atom. The maximum absolute atomic E-state index is 8.99. The zero-order valence-corrected chi connectivity index (χ0v) is 7.09. The van der Waals surface area contributed by atoms with Gasteiger partial charge in [-0.3, -0.25) is 4.90 Å². The minimum atomic E-state index is -0.253. The average molecular weight is 180 g/mol. The number of para-hydroxylation sites is 1. The van der Waals surface area contributed by atoms with Crippen LogP contribution in [0.1, 0.15) is 0 Å². The van der Waals surface area contributed by atoms with Gasteiger partial charge in [0.2, 0.25) is 5.96 Å². The van der Waals surface area contributed by atoms with E-state index >= 15 is 0 Å². The molecule has 0 radical (unpaired) electrons. The molecule has 1 rings (SSSR count). The van der Waals surface area contributed by atoms with E-state index in [2.05, 4.69) is 5.10 Å². The van der Waals surface area contributed by atoms with Crippen LogP contribution in [-0.2, 0) is 0 Å². The first-order valence-electron chi connectivity index (χ1n) is 3.76.